The Labute approximate surface area is 141 Å². The van der Waals surface area contributed by atoms with E-state index in [0.29, 0.717) is 24.5 Å². The predicted octanol–water partition coefficient (Wildman–Crippen LogP) is 2.32. The molecule has 1 amide bonds. The van der Waals surface area contributed by atoms with Gasteiger partial charge in [-0.3, -0.25) is 4.79 Å². The normalized spacial score (nSPS) is 20.3. The van der Waals surface area contributed by atoms with Crippen molar-refractivity contribution in [3.8, 4) is 11.5 Å². The molecule has 0 bridgehead atoms. The van der Waals surface area contributed by atoms with Crippen molar-refractivity contribution in [1.29, 1.82) is 0 Å². The van der Waals surface area contributed by atoms with E-state index < -0.39 is 11.5 Å². The topological polar surface area (TPSA) is 73.9 Å². The average Bonchev–Trinajstić information content (AvgIpc) is 2.84. The summed E-state index contributed by atoms with van der Waals surface area (Å²) in [6.07, 6.45) is 3.55. The van der Waals surface area contributed by atoms with E-state index in [1.807, 2.05) is 19.9 Å². The van der Waals surface area contributed by atoms with Crippen LogP contribution < -0.4 is 14.8 Å². The predicted molar refractivity (Wildman–Crippen MR) is 89.9 cm³/mol. The zero-order chi connectivity index (χ0) is 17.7. The Hall–Kier alpha value is -2.50. The minimum Gasteiger partial charge on any atom is -0.493 e. The number of esters is 1. The Bertz CT molecular complexity index is 653. The maximum absolute atomic E-state index is 12.0. The lowest BCUT2D eigenvalue weighted by atomic mass is 10.0. The number of benzene rings is 1. The highest BCUT2D eigenvalue weighted by molar-refractivity contribution is 5.96. The van der Waals surface area contributed by atoms with Crippen LogP contribution in [-0.4, -0.2) is 37.2 Å². The Morgan fingerprint density at radius 2 is 2.12 bits per heavy atom. The molecule has 1 aliphatic rings. The van der Waals surface area contributed by atoms with Crippen molar-refractivity contribution in [2.24, 2.45) is 0 Å². The number of amides is 1. The van der Waals surface area contributed by atoms with Crippen molar-refractivity contribution in [1.82, 2.24) is 5.32 Å². The molecule has 1 unspecified atom stereocenters. The molecule has 1 N–H and O–H groups in total. The standard InChI is InChI=1S/C18H23NO5/c1-12(2)24-14-7-5-13(11-15(14)22-4)6-8-16(20)19-18(3)9-10-23-17(18)21/h5-8,11-12H,9-10H2,1-4H3,(H,19,20)/b8-6+. The summed E-state index contributed by atoms with van der Waals surface area (Å²) in [5, 5.41) is 2.69. The molecular formula is C18H23NO5. The van der Waals surface area contributed by atoms with Crippen LogP contribution in [0.3, 0.4) is 0 Å². The second-order valence-corrected chi connectivity index (χ2v) is 6.12. The molecule has 0 aliphatic carbocycles. The van der Waals surface area contributed by atoms with E-state index in [1.54, 1.807) is 32.2 Å². The average molecular weight is 333 g/mol. The molecular weight excluding hydrogens is 310 g/mol. The molecule has 0 aromatic heterocycles. The zero-order valence-electron chi connectivity index (χ0n) is 14.4. The number of ether oxygens (including phenoxy) is 3. The quantitative estimate of drug-likeness (QED) is 0.639. The van der Waals surface area contributed by atoms with Crippen molar-refractivity contribution in [3.05, 3.63) is 29.8 Å². The van der Waals surface area contributed by atoms with Crippen LogP contribution in [0, 0.1) is 0 Å². The molecule has 24 heavy (non-hydrogen) atoms. The summed E-state index contributed by atoms with van der Waals surface area (Å²) in [7, 11) is 1.56. The first kappa shape index (κ1) is 17.8. The summed E-state index contributed by atoms with van der Waals surface area (Å²) in [6.45, 7) is 5.86. The van der Waals surface area contributed by atoms with E-state index in [0.717, 1.165) is 5.56 Å². The Morgan fingerprint density at radius 3 is 2.71 bits per heavy atom. The van der Waals surface area contributed by atoms with Crippen LogP contribution in [0.15, 0.2) is 24.3 Å². The molecule has 0 radical (unpaired) electrons. The fourth-order valence-corrected chi connectivity index (χ4v) is 2.35. The van der Waals surface area contributed by atoms with Gasteiger partial charge in [-0.05, 0) is 44.5 Å². The Morgan fingerprint density at radius 1 is 1.38 bits per heavy atom. The van der Waals surface area contributed by atoms with Gasteiger partial charge in [0.05, 0.1) is 19.8 Å². The highest BCUT2D eigenvalue weighted by atomic mass is 16.5. The van der Waals surface area contributed by atoms with Gasteiger partial charge in [0, 0.05) is 12.5 Å². The Kier molecular flexibility index (Phi) is 5.49. The van der Waals surface area contributed by atoms with Gasteiger partial charge >= 0.3 is 5.97 Å². The van der Waals surface area contributed by atoms with Gasteiger partial charge in [-0.15, -0.1) is 0 Å². The lowest BCUT2D eigenvalue weighted by Crippen LogP contribution is -2.48. The van der Waals surface area contributed by atoms with Crippen molar-refractivity contribution >= 4 is 18.0 Å². The third-order valence-electron chi connectivity index (χ3n) is 3.66. The molecule has 1 atom stereocenters. The molecule has 6 nitrogen and oxygen atoms in total. The number of hydrogen-bond acceptors (Lipinski definition) is 5. The molecule has 1 aromatic carbocycles. The van der Waals surface area contributed by atoms with Gasteiger partial charge in [0.1, 0.15) is 5.54 Å². The monoisotopic (exact) mass is 333 g/mol. The third-order valence-corrected chi connectivity index (χ3v) is 3.66. The molecule has 1 aromatic rings. The number of rotatable bonds is 6. The molecule has 130 valence electrons. The van der Waals surface area contributed by atoms with E-state index in [4.69, 9.17) is 14.2 Å². The number of carbonyl (C=O) groups excluding carboxylic acids is 2. The van der Waals surface area contributed by atoms with Crippen molar-refractivity contribution in [2.75, 3.05) is 13.7 Å². The fraction of sp³-hybridized carbons (Fsp3) is 0.444. The molecule has 1 aliphatic heterocycles. The minimum atomic E-state index is -0.950. The summed E-state index contributed by atoms with van der Waals surface area (Å²) in [5.74, 6) is 0.492. The number of methoxy groups -OCH3 is 1. The van der Waals surface area contributed by atoms with E-state index in [-0.39, 0.29) is 12.0 Å². The fourth-order valence-electron chi connectivity index (χ4n) is 2.35. The highest BCUT2D eigenvalue weighted by Gasteiger charge is 2.40. The maximum atomic E-state index is 12.0. The maximum Gasteiger partial charge on any atom is 0.331 e. The van der Waals surface area contributed by atoms with Crippen LogP contribution in [0.5, 0.6) is 11.5 Å². The van der Waals surface area contributed by atoms with Gasteiger partial charge in [-0.25, -0.2) is 4.79 Å². The van der Waals surface area contributed by atoms with Crippen LogP contribution >= 0.6 is 0 Å². The minimum absolute atomic E-state index is 0.0398. The van der Waals surface area contributed by atoms with Crippen molar-refractivity contribution in [3.63, 3.8) is 0 Å². The summed E-state index contributed by atoms with van der Waals surface area (Å²) in [6, 6.07) is 5.41. The van der Waals surface area contributed by atoms with E-state index in [1.165, 1.54) is 6.08 Å². The number of hydrogen-bond donors (Lipinski definition) is 1. The number of nitrogens with one attached hydrogen (secondary N) is 1. The van der Waals surface area contributed by atoms with Gasteiger partial charge in [0.15, 0.2) is 11.5 Å². The van der Waals surface area contributed by atoms with Crippen molar-refractivity contribution in [2.45, 2.75) is 38.8 Å². The van der Waals surface area contributed by atoms with Gasteiger partial charge in [0.25, 0.3) is 0 Å². The number of cyclic esters (lactones) is 1. The lowest BCUT2D eigenvalue weighted by Gasteiger charge is -2.19. The summed E-state index contributed by atoms with van der Waals surface area (Å²) in [5.41, 5.74) is -0.161. The molecule has 6 heteroatoms. The second-order valence-electron chi connectivity index (χ2n) is 6.12. The first-order chi connectivity index (χ1) is 11.3. The third kappa shape index (κ3) is 4.28. The second kappa shape index (κ2) is 7.38. The van der Waals surface area contributed by atoms with Crippen LogP contribution in [0.1, 0.15) is 32.8 Å². The Balaban J connectivity index is 2.05. The highest BCUT2D eigenvalue weighted by Crippen LogP contribution is 2.29. The molecule has 2 rings (SSSR count). The van der Waals surface area contributed by atoms with Gasteiger partial charge in [0.2, 0.25) is 5.91 Å². The summed E-state index contributed by atoms with van der Waals surface area (Å²) < 4.78 is 15.9. The van der Waals surface area contributed by atoms with Gasteiger partial charge in [-0.2, -0.15) is 0 Å². The first-order valence-corrected chi connectivity index (χ1v) is 7.86. The smallest absolute Gasteiger partial charge is 0.331 e. The molecule has 0 saturated carbocycles. The molecule has 1 heterocycles. The summed E-state index contributed by atoms with van der Waals surface area (Å²) >= 11 is 0. The lowest BCUT2D eigenvalue weighted by molar-refractivity contribution is -0.144. The van der Waals surface area contributed by atoms with Crippen LogP contribution in [-0.2, 0) is 14.3 Å². The van der Waals surface area contributed by atoms with Crippen LogP contribution in [0.25, 0.3) is 6.08 Å². The zero-order valence-corrected chi connectivity index (χ0v) is 14.4. The van der Waals surface area contributed by atoms with Crippen molar-refractivity contribution < 1.29 is 23.8 Å². The van der Waals surface area contributed by atoms with Gasteiger partial charge in [-0.1, -0.05) is 6.07 Å². The largest absolute Gasteiger partial charge is 0.493 e. The van der Waals surface area contributed by atoms with E-state index >= 15 is 0 Å². The van der Waals surface area contributed by atoms with Gasteiger partial charge < -0.3 is 19.5 Å². The van der Waals surface area contributed by atoms with E-state index in [9.17, 15) is 9.59 Å². The first-order valence-electron chi connectivity index (χ1n) is 7.86. The summed E-state index contributed by atoms with van der Waals surface area (Å²) in [4.78, 5) is 23.7. The molecule has 1 saturated heterocycles. The van der Waals surface area contributed by atoms with Crippen LogP contribution in [0.2, 0.25) is 0 Å². The van der Waals surface area contributed by atoms with Crippen LogP contribution in [0.4, 0.5) is 0 Å². The SMILES string of the molecule is COc1cc(/C=C/C(=O)NC2(C)CCOC2=O)ccc1OC(C)C. The molecule has 1 fully saturated rings. The number of carbonyl (C=O) groups is 2. The van der Waals surface area contributed by atoms with E-state index in [2.05, 4.69) is 5.32 Å². The molecule has 0 spiro atoms.